The summed E-state index contributed by atoms with van der Waals surface area (Å²) >= 11 is 12.0. The Hall–Kier alpha value is -2.95. The third-order valence-corrected chi connectivity index (χ3v) is 5.71. The lowest BCUT2D eigenvalue weighted by Crippen LogP contribution is -2.50. The highest BCUT2D eigenvalue weighted by Gasteiger charge is 2.25. The Morgan fingerprint density at radius 1 is 1.03 bits per heavy atom. The lowest BCUT2D eigenvalue weighted by Gasteiger charge is -2.35. The lowest BCUT2D eigenvalue weighted by molar-refractivity contribution is -0.132. The van der Waals surface area contributed by atoms with Crippen LogP contribution in [0.2, 0.25) is 10.0 Å². The van der Waals surface area contributed by atoms with Gasteiger partial charge in [-0.15, -0.1) is 0 Å². The summed E-state index contributed by atoms with van der Waals surface area (Å²) in [5.74, 6) is 0.879. The van der Waals surface area contributed by atoms with Crippen LogP contribution in [0.4, 0.5) is 0 Å². The molecule has 1 fully saturated rings. The van der Waals surface area contributed by atoms with Gasteiger partial charge in [0.15, 0.2) is 11.5 Å². The first-order chi connectivity index (χ1) is 15.4. The molecule has 0 N–H and O–H groups in total. The maximum Gasteiger partial charge on any atom is 0.255 e. The van der Waals surface area contributed by atoms with Crippen molar-refractivity contribution in [3.05, 3.63) is 57.6 Å². The van der Waals surface area contributed by atoms with E-state index in [1.54, 1.807) is 46.2 Å². The Labute approximate surface area is 197 Å². The first-order valence-electron chi connectivity index (χ1n) is 10.2. The second kappa shape index (κ2) is 11.1. The summed E-state index contributed by atoms with van der Waals surface area (Å²) in [5.41, 5.74) is 0.895. The van der Waals surface area contributed by atoms with Crippen LogP contribution < -0.4 is 9.47 Å². The Morgan fingerprint density at radius 3 is 2.41 bits per heavy atom. The van der Waals surface area contributed by atoms with Crippen LogP contribution >= 0.6 is 23.2 Å². The molecule has 0 aromatic heterocycles. The molecule has 0 atom stereocenters. The topological polar surface area (TPSA) is 82.9 Å². The molecule has 0 saturated carbocycles. The first kappa shape index (κ1) is 23.7. The van der Waals surface area contributed by atoms with Crippen molar-refractivity contribution in [1.29, 1.82) is 5.26 Å². The van der Waals surface area contributed by atoms with E-state index in [-0.39, 0.29) is 11.8 Å². The predicted molar refractivity (Wildman–Crippen MR) is 121 cm³/mol. The highest BCUT2D eigenvalue weighted by Crippen LogP contribution is 2.28. The maximum atomic E-state index is 12.7. The van der Waals surface area contributed by atoms with Gasteiger partial charge < -0.3 is 19.3 Å². The van der Waals surface area contributed by atoms with Gasteiger partial charge in [0.25, 0.3) is 5.91 Å². The molecule has 1 heterocycles. The number of hydrogen-bond acceptors (Lipinski definition) is 5. The van der Waals surface area contributed by atoms with Crippen molar-refractivity contribution in [2.75, 3.05) is 39.9 Å². The van der Waals surface area contributed by atoms with Crippen molar-refractivity contribution in [1.82, 2.24) is 9.80 Å². The molecule has 0 spiro atoms. The lowest BCUT2D eigenvalue weighted by atomic mass is 10.1. The molecule has 1 saturated heterocycles. The van der Waals surface area contributed by atoms with Crippen LogP contribution in [0.3, 0.4) is 0 Å². The highest BCUT2D eigenvalue weighted by atomic mass is 35.5. The number of nitrogens with zero attached hydrogens (tertiary/aromatic N) is 3. The summed E-state index contributed by atoms with van der Waals surface area (Å²) in [7, 11) is 1.51. The number of halogens is 2. The SMILES string of the molecule is COc1cc(C#N)ccc1OCCCC(=O)N1CCN(C(=O)c2ccc(Cl)cc2Cl)CC1. The van der Waals surface area contributed by atoms with E-state index in [1.165, 1.54) is 7.11 Å². The van der Waals surface area contributed by atoms with Crippen LogP contribution in [-0.2, 0) is 4.79 Å². The molecule has 32 heavy (non-hydrogen) atoms. The average molecular weight is 476 g/mol. The van der Waals surface area contributed by atoms with E-state index in [9.17, 15) is 9.59 Å². The van der Waals surface area contributed by atoms with Gasteiger partial charge in [-0.2, -0.15) is 5.26 Å². The molecule has 0 bridgehead atoms. The van der Waals surface area contributed by atoms with Crippen LogP contribution in [0.15, 0.2) is 36.4 Å². The molecular formula is C23H23Cl2N3O4. The smallest absolute Gasteiger partial charge is 0.255 e. The number of hydrogen-bond donors (Lipinski definition) is 0. The second-order valence-electron chi connectivity index (χ2n) is 7.23. The average Bonchev–Trinajstić information content (AvgIpc) is 2.81. The van der Waals surface area contributed by atoms with Crippen LogP contribution in [0.25, 0.3) is 0 Å². The highest BCUT2D eigenvalue weighted by molar-refractivity contribution is 6.36. The van der Waals surface area contributed by atoms with Gasteiger partial charge in [0, 0.05) is 43.7 Å². The Morgan fingerprint density at radius 2 is 1.75 bits per heavy atom. The molecule has 0 aliphatic carbocycles. The summed E-state index contributed by atoms with van der Waals surface area (Å²) in [6.45, 7) is 2.19. The van der Waals surface area contributed by atoms with Gasteiger partial charge in [0.1, 0.15) is 0 Å². The third kappa shape index (κ3) is 5.84. The second-order valence-corrected chi connectivity index (χ2v) is 8.07. The van der Waals surface area contributed by atoms with E-state index in [1.807, 2.05) is 6.07 Å². The van der Waals surface area contributed by atoms with Crippen molar-refractivity contribution in [3.8, 4) is 17.6 Å². The number of benzene rings is 2. The molecule has 2 amide bonds. The molecule has 1 aliphatic heterocycles. The van der Waals surface area contributed by atoms with Crippen molar-refractivity contribution >= 4 is 35.0 Å². The monoisotopic (exact) mass is 475 g/mol. The fourth-order valence-corrected chi connectivity index (χ4v) is 3.90. The van der Waals surface area contributed by atoms with E-state index < -0.39 is 0 Å². The van der Waals surface area contributed by atoms with E-state index in [0.717, 1.165) is 0 Å². The zero-order valence-corrected chi connectivity index (χ0v) is 19.2. The summed E-state index contributed by atoms with van der Waals surface area (Å²) in [4.78, 5) is 28.7. The fraction of sp³-hybridized carbons (Fsp3) is 0.348. The minimum atomic E-state index is -0.163. The molecule has 9 heteroatoms. The quantitative estimate of drug-likeness (QED) is 0.564. The molecule has 2 aromatic carbocycles. The number of methoxy groups -OCH3 is 1. The van der Waals surface area contributed by atoms with Crippen molar-refractivity contribution in [2.24, 2.45) is 0 Å². The van der Waals surface area contributed by atoms with Gasteiger partial charge in [-0.3, -0.25) is 9.59 Å². The van der Waals surface area contributed by atoms with Crippen molar-refractivity contribution < 1.29 is 19.1 Å². The fourth-order valence-electron chi connectivity index (χ4n) is 3.41. The number of ether oxygens (including phenoxy) is 2. The largest absolute Gasteiger partial charge is 0.493 e. The van der Waals surface area contributed by atoms with Crippen LogP contribution in [-0.4, -0.2) is 61.5 Å². The van der Waals surface area contributed by atoms with Crippen molar-refractivity contribution in [3.63, 3.8) is 0 Å². The maximum absolute atomic E-state index is 12.7. The van der Waals surface area contributed by atoms with Gasteiger partial charge in [0.2, 0.25) is 5.91 Å². The van der Waals surface area contributed by atoms with E-state index in [2.05, 4.69) is 0 Å². The molecule has 0 unspecified atom stereocenters. The number of amides is 2. The summed E-state index contributed by atoms with van der Waals surface area (Å²) in [6, 6.07) is 11.8. The van der Waals surface area contributed by atoms with E-state index >= 15 is 0 Å². The standard InChI is InChI=1S/C23H23Cl2N3O4/c1-31-21-13-16(15-26)4-7-20(21)32-12-2-3-22(29)27-8-10-28(11-9-27)23(30)18-6-5-17(24)14-19(18)25/h4-7,13-14H,2-3,8-12H2,1H3. The van der Waals surface area contributed by atoms with Crippen LogP contribution in [0.1, 0.15) is 28.8 Å². The summed E-state index contributed by atoms with van der Waals surface area (Å²) in [6.07, 6.45) is 0.886. The molecule has 3 rings (SSSR count). The molecule has 168 valence electrons. The van der Waals surface area contributed by atoms with Gasteiger partial charge in [-0.05, 0) is 36.8 Å². The van der Waals surface area contributed by atoms with Crippen molar-refractivity contribution in [2.45, 2.75) is 12.8 Å². The zero-order chi connectivity index (χ0) is 23.1. The minimum Gasteiger partial charge on any atom is -0.493 e. The minimum absolute atomic E-state index is 0.0250. The van der Waals surface area contributed by atoms with Crippen LogP contribution in [0, 0.1) is 11.3 Å². The molecule has 7 nitrogen and oxygen atoms in total. The molecular weight excluding hydrogens is 453 g/mol. The first-order valence-corrected chi connectivity index (χ1v) is 10.9. The summed E-state index contributed by atoms with van der Waals surface area (Å²) < 4.78 is 10.9. The number of nitriles is 1. The summed E-state index contributed by atoms with van der Waals surface area (Å²) in [5, 5.41) is 9.75. The van der Waals surface area contributed by atoms with Gasteiger partial charge in [-0.25, -0.2) is 0 Å². The molecule has 2 aromatic rings. The number of piperazine rings is 1. The molecule has 1 aliphatic rings. The predicted octanol–water partition coefficient (Wildman–Crippen LogP) is 4.02. The number of carbonyl (C=O) groups is 2. The number of rotatable bonds is 7. The van der Waals surface area contributed by atoms with Gasteiger partial charge in [0.05, 0.1) is 35.9 Å². The third-order valence-electron chi connectivity index (χ3n) is 5.17. The van der Waals surface area contributed by atoms with Gasteiger partial charge >= 0.3 is 0 Å². The Balaban J connectivity index is 1.43. The van der Waals surface area contributed by atoms with E-state index in [0.29, 0.717) is 78.3 Å². The Bertz CT molecular complexity index is 1030. The van der Waals surface area contributed by atoms with Crippen LogP contribution in [0.5, 0.6) is 11.5 Å². The van der Waals surface area contributed by atoms with Gasteiger partial charge in [-0.1, -0.05) is 23.2 Å². The Kier molecular flexibility index (Phi) is 8.20. The number of carbonyl (C=O) groups excluding carboxylic acids is 2. The normalized spacial score (nSPS) is 13.4. The zero-order valence-electron chi connectivity index (χ0n) is 17.6. The molecule has 0 radical (unpaired) electrons. The van der Waals surface area contributed by atoms with E-state index in [4.69, 9.17) is 37.9 Å².